The molecule has 3 rings (SSSR count). The fraction of sp³-hybridized carbons (Fsp3) is 0.227. The van der Waals surface area contributed by atoms with Crippen molar-refractivity contribution in [3.05, 3.63) is 71.2 Å². The van der Waals surface area contributed by atoms with E-state index in [1.165, 1.54) is 30.5 Å². The van der Waals surface area contributed by atoms with E-state index in [1.807, 2.05) is 13.8 Å². The average Bonchev–Trinajstić information content (AvgIpc) is 2.62. The predicted molar refractivity (Wildman–Crippen MR) is 107 cm³/mol. The molecule has 28 heavy (non-hydrogen) atoms. The summed E-state index contributed by atoms with van der Waals surface area (Å²) in [6.07, 6.45) is 2.11. The van der Waals surface area contributed by atoms with Gasteiger partial charge in [0.25, 0.3) is 5.91 Å². The van der Waals surface area contributed by atoms with E-state index in [0.717, 1.165) is 0 Å². The lowest BCUT2D eigenvalue weighted by Crippen LogP contribution is -2.26. The highest BCUT2D eigenvalue weighted by Gasteiger charge is 2.32. The van der Waals surface area contributed by atoms with Gasteiger partial charge in [-0.2, -0.15) is 0 Å². The molecule has 0 fully saturated rings. The second kappa shape index (κ2) is 7.76. The summed E-state index contributed by atoms with van der Waals surface area (Å²) in [4.78, 5) is 28.9. The van der Waals surface area contributed by atoms with Crippen LogP contribution in [-0.2, 0) is 4.79 Å². The Labute approximate surface area is 162 Å². The summed E-state index contributed by atoms with van der Waals surface area (Å²) in [5.41, 5.74) is 1.26. The average molecular weight is 380 g/mol. The number of aliphatic hydroxyl groups excluding tert-OH is 1. The number of amides is 1. The van der Waals surface area contributed by atoms with E-state index in [-0.39, 0.29) is 34.3 Å². The summed E-state index contributed by atoms with van der Waals surface area (Å²) in [5.74, 6) is -0.855. The number of allylic oxidation sites excluding steroid dienone is 2. The number of nitrogens with one attached hydrogen (secondary N) is 1. The fourth-order valence-electron chi connectivity index (χ4n) is 3.05. The lowest BCUT2D eigenvalue weighted by atomic mass is 9.77. The Morgan fingerprint density at radius 2 is 1.89 bits per heavy atom. The Kier molecular flexibility index (Phi) is 5.40. The van der Waals surface area contributed by atoms with Gasteiger partial charge in [0.15, 0.2) is 5.78 Å². The molecule has 2 N–H and O–H groups in total. The SMILES string of the molecule is CC1(C)CC(=O)C(C=Nc2cccc(C(=O)Nc3ccc(F)cc3)c2)=C(O)C1. The van der Waals surface area contributed by atoms with Crippen molar-refractivity contribution in [3.63, 3.8) is 0 Å². The second-order valence-corrected chi connectivity index (χ2v) is 7.57. The lowest BCUT2D eigenvalue weighted by Gasteiger charge is -2.28. The number of ketones is 1. The van der Waals surface area contributed by atoms with Crippen molar-refractivity contribution in [1.82, 2.24) is 0 Å². The minimum Gasteiger partial charge on any atom is -0.511 e. The minimum absolute atomic E-state index is 0.0372. The Morgan fingerprint density at radius 1 is 1.18 bits per heavy atom. The molecule has 0 heterocycles. The Bertz CT molecular complexity index is 976. The van der Waals surface area contributed by atoms with Gasteiger partial charge in [-0.25, -0.2) is 4.39 Å². The quantitative estimate of drug-likeness (QED) is 0.734. The van der Waals surface area contributed by atoms with Gasteiger partial charge in [-0.05, 0) is 47.9 Å². The van der Waals surface area contributed by atoms with Crippen LogP contribution in [0.25, 0.3) is 0 Å². The van der Waals surface area contributed by atoms with Crippen LogP contribution in [-0.4, -0.2) is 23.0 Å². The zero-order valence-corrected chi connectivity index (χ0v) is 15.7. The highest BCUT2D eigenvalue weighted by atomic mass is 19.1. The minimum atomic E-state index is -0.382. The van der Waals surface area contributed by atoms with Gasteiger partial charge in [0.05, 0.1) is 11.3 Å². The highest BCUT2D eigenvalue weighted by Crippen LogP contribution is 2.35. The van der Waals surface area contributed by atoms with Crippen LogP contribution >= 0.6 is 0 Å². The number of aliphatic imine (C=N–C) groups is 1. The number of benzene rings is 2. The van der Waals surface area contributed by atoms with Crippen molar-refractivity contribution in [2.75, 3.05) is 5.32 Å². The maximum absolute atomic E-state index is 13.0. The number of rotatable bonds is 4. The van der Waals surface area contributed by atoms with E-state index in [0.29, 0.717) is 29.8 Å². The number of carbonyl (C=O) groups is 2. The first kappa shape index (κ1) is 19.5. The third-order valence-electron chi connectivity index (χ3n) is 4.45. The summed E-state index contributed by atoms with van der Waals surface area (Å²) >= 11 is 0. The van der Waals surface area contributed by atoms with Crippen LogP contribution in [0.5, 0.6) is 0 Å². The van der Waals surface area contributed by atoms with Crippen LogP contribution in [0.1, 0.15) is 37.0 Å². The molecule has 0 unspecified atom stereocenters. The van der Waals surface area contributed by atoms with E-state index < -0.39 is 0 Å². The van der Waals surface area contributed by atoms with Gasteiger partial charge >= 0.3 is 0 Å². The molecule has 1 aliphatic carbocycles. The molecule has 0 atom stereocenters. The number of anilines is 1. The smallest absolute Gasteiger partial charge is 0.255 e. The standard InChI is InChI=1S/C22H21FN2O3/c1-22(2)11-19(26)18(20(27)12-22)13-24-17-5-3-4-14(10-17)21(28)25-16-8-6-15(23)7-9-16/h3-10,13,26H,11-12H2,1-2H3,(H,25,28). The molecule has 2 aromatic carbocycles. The van der Waals surface area contributed by atoms with Crippen molar-refractivity contribution in [1.29, 1.82) is 0 Å². The topological polar surface area (TPSA) is 78.8 Å². The van der Waals surface area contributed by atoms with Crippen LogP contribution in [0.4, 0.5) is 15.8 Å². The number of nitrogens with zero attached hydrogens (tertiary/aromatic N) is 1. The van der Waals surface area contributed by atoms with E-state index in [9.17, 15) is 19.1 Å². The van der Waals surface area contributed by atoms with E-state index in [2.05, 4.69) is 10.3 Å². The summed E-state index contributed by atoms with van der Waals surface area (Å²) in [7, 11) is 0. The maximum atomic E-state index is 13.0. The maximum Gasteiger partial charge on any atom is 0.255 e. The molecule has 144 valence electrons. The first-order valence-electron chi connectivity index (χ1n) is 8.90. The molecule has 2 aromatic rings. The zero-order valence-electron chi connectivity index (χ0n) is 15.7. The van der Waals surface area contributed by atoms with Crippen molar-refractivity contribution >= 4 is 29.3 Å². The van der Waals surface area contributed by atoms with Crippen LogP contribution in [0.15, 0.2) is 64.9 Å². The lowest BCUT2D eigenvalue weighted by molar-refractivity contribution is -0.117. The van der Waals surface area contributed by atoms with Gasteiger partial charge in [0.1, 0.15) is 11.6 Å². The monoisotopic (exact) mass is 380 g/mol. The van der Waals surface area contributed by atoms with Crippen molar-refractivity contribution in [3.8, 4) is 0 Å². The first-order chi connectivity index (χ1) is 13.2. The summed E-state index contributed by atoms with van der Waals surface area (Å²) in [5, 5.41) is 12.8. The number of aliphatic hydroxyl groups is 1. The van der Waals surface area contributed by atoms with Gasteiger partial charge < -0.3 is 10.4 Å². The summed E-state index contributed by atoms with van der Waals surface area (Å²) in [6.45, 7) is 3.86. The number of Topliss-reactive ketones (excluding diaryl/α,β-unsaturated/α-hetero) is 1. The van der Waals surface area contributed by atoms with Crippen LogP contribution in [0.3, 0.4) is 0 Å². The van der Waals surface area contributed by atoms with Crippen molar-refractivity contribution in [2.45, 2.75) is 26.7 Å². The molecule has 6 heteroatoms. The Hall–Kier alpha value is -3.28. The Morgan fingerprint density at radius 3 is 2.57 bits per heavy atom. The second-order valence-electron chi connectivity index (χ2n) is 7.57. The molecule has 0 saturated heterocycles. The fourth-order valence-corrected chi connectivity index (χ4v) is 3.05. The van der Waals surface area contributed by atoms with Gasteiger partial charge in [-0.15, -0.1) is 0 Å². The molecule has 0 aromatic heterocycles. The van der Waals surface area contributed by atoms with Crippen LogP contribution in [0, 0.1) is 11.2 Å². The van der Waals surface area contributed by atoms with Gasteiger partial charge in [0.2, 0.25) is 0 Å². The third-order valence-corrected chi connectivity index (χ3v) is 4.45. The van der Waals surface area contributed by atoms with Gasteiger partial charge in [-0.3, -0.25) is 14.6 Å². The summed E-state index contributed by atoms with van der Waals surface area (Å²) in [6, 6.07) is 12.0. The number of halogens is 1. The molecular weight excluding hydrogens is 359 g/mol. The third kappa shape index (κ3) is 4.71. The van der Waals surface area contributed by atoms with Crippen LogP contribution < -0.4 is 5.32 Å². The predicted octanol–water partition coefficient (Wildman–Crippen LogP) is 4.98. The van der Waals surface area contributed by atoms with Crippen molar-refractivity contribution in [2.24, 2.45) is 10.4 Å². The van der Waals surface area contributed by atoms with Crippen LogP contribution in [0.2, 0.25) is 0 Å². The highest BCUT2D eigenvalue weighted by molar-refractivity contribution is 6.15. The molecule has 0 aliphatic heterocycles. The van der Waals surface area contributed by atoms with Crippen molar-refractivity contribution < 1.29 is 19.1 Å². The molecular formula is C22H21FN2O3. The molecule has 0 bridgehead atoms. The molecule has 5 nitrogen and oxygen atoms in total. The van der Waals surface area contributed by atoms with Gasteiger partial charge in [0, 0.05) is 30.3 Å². The normalized spacial score (nSPS) is 16.5. The largest absolute Gasteiger partial charge is 0.511 e. The molecule has 0 spiro atoms. The molecule has 0 saturated carbocycles. The van der Waals surface area contributed by atoms with E-state index in [1.54, 1.807) is 24.3 Å². The van der Waals surface area contributed by atoms with Gasteiger partial charge in [-0.1, -0.05) is 19.9 Å². The van der Waals surface area contributed by atoms with E-state index >= 15 is 0 Å². The van der Waals surface area contributed by atoms with E-state index in [4.69, 9.17) is 0 Å². The molecule has 1 aliphatic rings. The number of hydrogen-bond donors (Lipinski definition) is 2. The number of hydrogen-bond acceptors (Lipinski definition) is 4. The number of carbonyl (C=O) groups excluding carboxylic acids is 2. The zero-order chi connectivity index (χ0) is 20.3. The molecule has 0 radical (unpaired) electrons. The first-order valence-corrected chi connectivity index (χ1v) is 8.90. The Balaban J connectivity index is 1.76. The summed E-state index contributed by atoms with van der Waals surface area (Å²) < 4.78 is 13.0. The molecule has 1 amide bonds.